The van der Waals surface area contributed by atoms with Crippen LogP contribution in [-0.2, 0) is 42.7 Å². The lowest BCUT2D eigenvalue weighted by Crippen LogP contribution is -2.13. The molecule has 0 radical (unpaired) electrons. The summed E-state index contributed by atoms with van der Waals surface area (Å²) in [5, 5.41) is 44.5. The van der Waals surface area contributed by atoms with Gasteiger partial charge in [0.05, 0.1) is 128 Å². The summed E-state index contributed by atoms with van der Waals surface area (Å²) in [6, 6.07) is 17.2. The van der Waals surface area contributed by atoms with E-state index in [1.807, 2.05) is 0 Å². The number of benzene rings is 5. The van der Waals surface area contributed by atoms with Crippen LogP contribution in [0.15, 0.2) is 83.6 Å². The number of esters is 1. The maximum Gasteiger partial charge on any atom is 0.336 e. The molecule has 2 atom stereocenters. The lowest BCUT2D eigenvalue weighted by atomic mass is 9.95. The zero-order valence-electron chi connectivity index (χ0n) is 39.8. The fourth-order valence-corrected chi connectivity index (χ4v) is 8.42. The molecule has 5 aromatic rings. The first-order valence-corrected chi connectivity index (χ1v) is 23.3. The topological polar surface area (TPSA) is 295 Å². The molecule has 0 spiro atoms. The van der Waals surface area contributed by atoms with Gasteiger partial charge in [0.25, 0.3) is 11.4 Å². The summed E-state index contributed by atoms with van der Waals surface area (Å²) in [6.07, 6.45) is 2.40. The van der Waals surface area contributed by atoms with Crippen molar-refractivity contribution in [1.29, 1.82) is 0 Å². The monoisotopic (exact) mass is 1040 g/mol. The van der Waals surface area contributed by atoms with Crippen LogP contribution < -0.4 is 42.6 Å². The minimum atomic E-state index is -1.61. The molecule has 5 rings (SSSR count). The number of methoxy groups -OCH3 is 8. The fraction of sp³-hybridized carbons (Fsp3) is 0.229. The van der Waals surface area contributed by atoms with Crippen molar-refractivity contribution in [3.63, 3.8) is 0 Å². The third-order valence-electron chi connectivity index (χ3n) is 9.92. The van der Waals surface area contributed by atoms with Crippen molar-refractivity contribution >= 4 is 63.0 Å². The molecule has 2 N–H and O–H groups in total. The average Bonchev–Trinajstić information content (AvgIpc) is 3.36. The summed E-state index contributed by atoms with van der Waals surface area (Å²) in [6.45, 7) is 0. The highest BCUT2D eigenvalue weighted by molar-refractivity contribution is 7.87. The van der Waals surface area contributed by atoms with Crippen molar-refractivity contribution in [1.82, 2.24) is 0 Å². The number of hydrogen-bond donors (Lipinski definition) is 2. The Morgan fingerprint density at radius 3 is 1.39 bits per heavy atom. The molecule has 0 heterocycles. The van der Waals surface area contributed by atoms with Crippen LogP contribution in [0.2, 0.25) is 0 Å². The molecular formula is C48H48N2O20S2. The molecule has 0 bridgehead atoms. The Morgan fingerprint density at radius 1 is 0.556 bits per heavy atom. The van der Waals surface area contributed by atoms with Crippen molar-refractivity contribution in [3.05, 3.63) is 132 Å². The Hall–Kier alpha value is -8.51. The highest BCUT2D eigenvalue weighted by atomic mass is 32.2. The predicted octanol–water partition coefficient (Wildman–Crippen LogP) is 7.84. The summed E-state index contributed by atoms with van der Waals surface area (Å²) in [4.78, 5) is 55.7. The van der Waals surface area contributed by atoms with E-state index in [2.05, 4.69) is 0 Å². The van der Waals surface area contributed by atoms with Crippen LogP contribution >= 0.6 is 0 Å². The maximum absolute atomic E-state index is 13.0. The molecule has 2 unspecified atom stereocenters. The molecular weight excluding hydrogens is 989 g/mol. The van der Waals surface area contributed by atoms with Gasteiger partial charge in [-0.2, -0.15) is 0 Å². The normalized spacial score (nSPS) is 11.6. The lowest BCUT2D eigenvalue weighted by molar-refractivity contribution is -0.393. The van der Waals surface area contributed by atoms with Gasteiger partial charge in [0.2, 0.25) is 0 Å². The largest absolute Gasteiger partial charge is 0.496 e. The van der Waals surface area contributed by atoms with E-state index in [1.54, 1.807) is 54.6 Å². The number of carboxylic acids is 2. The van der Waals surface area contributed by atoms with Crippen LogP contribution in [0.25, 0.3) is 23.3 Å². The van der Waals surface area contributed by atoms with Gasteiger partial charge in [-0.3, -0.25) is 38.2 Å². The van der Waals surface area contributed by atoms with E-state index in [0.29, 0.717) is 62.8 Å². The molecule has 0 saturated heterocycles. The standard InChI is InChI=1S/C26H24N2O11S.C22H24O9S/c1-36-17-12-23(38-3)18(24(13-17)39-4)7-8-40(35)14-15-5-6-22(37-2)19(9-15)25-20(26(29)30)10-16(27(31)32)11-21(25)28(33)34;1-27-15-10-18(29-3)16(19(11-15)30-4)7-8-32(26)13-14-5-6-17(28-2)20(9-14)31-22(25)12-21(23)24/h5-13H,14H2,1-4H3,(H,29,30);5-11H,12-13H2,1-4H3,(H,23,24)/b2*8-7+. The minimum absolute atomic E-state index is 0.00142. The molecule has 0 aliphatic rings. The van der Waals surface area contributed by atoms with E-state index in [9.17, 15) is 48.1 Å². The van der Waals surface area contributed by atoms with Crippen molar-refractivity contribution < 1.29 is 85.5 Å². The molecule has 0 saturated carbocycles. The van der Waals surface area contributed by atoms with Crippen LogP contribution in [0.1, 0.15) is 39.0 Å². The summed E-state index contributed by atoms with van der Waals surface area (Å²) < 4.78 is 73.1. The average molecular weight is 1040 g/mol. The number of rotatable bonds is 23. The molecule has 0 aliphatic carbocycles. The van der Waals surface area contributed by atoms with E-state index in [4.69, 9.17) is 47.7 Å². The van der Waals surface area contributed by atoms with E-state index in [0.717, 1.165) is 6.07 Å². The van der Waals surface area contributed by atoms with E-state index < -0.39 is 72.7 Å². The highest BCUT2D eigenvalue weighted by Gasteiger charge is 2.30. The molecule has 382 valence electrons. The van der Waals surface area contributed by atoms with Gasteiger partial charge in [0, 0.05) is 46.7 Å². The number of non-ortho nitro benzene ring substituents is 1. The fourth-order valence-electron chi connectivity index (χ4n) is 6.63. The number of nitro groups is 2. The molecule has 0 fully saturated rings. The van der Waals surface area contributed by atoms with Gasteiger partial charge in [0.1, 0.15) is 46.7 Å². The zero-order valence-corrected chi connectivity index (χ0v) is 41.4. The highest BCUT2D eigenvalue weighted by Crippen LogP contribution is 2.42. The maximum atomic E-state index is 13.0. The molecule has 0 amide bonds. The Labute approximate surface area is 416 Å². The Bertz CT molecular complexity index is 2870. The number of aliphatic carboxylic acids is 1. The third-order valence-corrected chi connectivity index (χ3v) is 12.0. The number of nitrogens with zero attached hydrogens (tertiary/aromatic N) is 2. The van der Waals surface area contributed by atoms with Crippen molar-refractivity contribution in [2.45, 2.75) is 17.9 Å². The van der Waals surface area contributed by atoms with Crippen molar-refractivity contribution in [2.75, 3.05) is 56.9 Å². The van der Waals surface area contributed by atoms with Gasteiger partial charge in [-0.05, 0) is 47.5 Å². The van der Waals surface area contributed by atoms with Crippen LogP contribution in [0.3, 0.4) is 0 Å². The van der Waals surface area contributed by atoms with Crippen molar-refractivity contribution in [3.8, 4) is 62.9 Å². The van der Waals surface area contributed by atoms with Gasteiger partial charge in [-0.25, -0.2) is 4.79 Å². The number of aromatic carboxylic acids is 1. The quantitative estimate of drug-likeness (QED) is 0.0207. The van der Waals surface area contributed by atoms with E-state index in [-0.39, 0.29) is 39.9 Å². The molecule has 0 aromatic heterocycles. The van der Waals surface area contributed by atoms with Gasteiger partial charge < -0.3 is 52.8 Å². The summed E-state index contributed by atoms with van der Waals surface area (Å²) in [5.74, 6) is -0.531. The zero-order chi connectivity index (χ0) is 53.2. The van der Waals surface area contributed by atoms with Gasteiger partial charge in [0.15, 0.2) is 11.5 Å². The first kappa shape index (κ1) is 56.1. The Kier molecular flexibility index (Phi) is 20.6. The second-order valence-electron chi connectivity index (χ2n) is 14.3. The summed E-state index contributed by atoms with van der Waals surface area (Å²) in [5.41, 5.74) is -0.438. The minimum Gasteiger partial charge on any atom is -0.496 e. The number of nitro benzene ring substituents is 2. The number of carbonyl (C=O) groups is 3. The summed E-state index contributed by atoms with van der Waals surface area (Å²) >= 11 is 0. The van der Waals surface area contributed by atoms with Crippen LogP contribution in [0.4, 0.5) is 11.4 Å². The number of carbonyl (C=O) groups excluding carboxylic acids is 1. The van der Waals surface area contributed by atoms with E-state index in [1.165, 1.54) is 85.9 Å². The molecule has 0 aliphatic heterocycles. The predicted molar refractivity (Wildman–Crippen MR) is 264 cm³/mol. The number of hydrogen-bond acceptors (Lipinski definition) is 18. The van der Waals surface area contributed by atoms with Crippen LogP contribution in [0.5, 0.6) is 51.7 Å². The van der Waals surface area contributed by atoms with E-state index >= 15 is 0 Å². The SMILES string of the molecule is COc1cc(OC)c(/C=C/S(=O)Cc2ccc(OC)c(-c3c(C(=O)O)cc([N+](=O)[O-])cc3[N+](=O)[O-])c2)c(OC)c1.COc1cc(OC)c(/C=C/S(=O)Cc2ccc(OC)c(OC(=O)CC(=O)O)c2)c(OC)c1. The Balaban J connectivity index is 0.000000321. The van der Waals surface area contributed by atoms with Gasteiger partial charge >= 0.3 is 17.9 Å². The molecule has 72 heavy (non-hydrogen) atoms. The first-order valence-electron chi connectivity index (χ1n) is 20.5. The van der Waals surface area contributed by atoms with Gasteiger partial charge in [-0.1, -0.05) is 12.1 Å². The first-order chi connectivity index (χ1) is 34.3. The Morgan fingerprint density at radius 2 is 1.00 bits per heavy atom. The number of carboxylic acid groups (broad SMARTS) is 2. The second-order valence-corrected chi connectivity index (χ2v) is 17.0. The lowest BCUT2D eigenvalue weighted by Gasteiger charge is -2.14. The van der Waals surface area contributed by atoms with Gasteiger partial charge in [-0.15, -0.1) is 0 Å². The number of ether oxygens (including phenoxy) is 9. The summed E-state index contributed by atoms with van der Waals surface area (Å²) in [7, 11) is 8.58. The van der Waals surface area contributed by atoms with Crippen molar-refractivity contribution in [2.24, 2.45) is 0 Å². The molecule has 5 aromatic carbocycles. The van der Waals surface area contributed by atoms with Crippen LogP contribution in [0, 0.1) is 20.2 Å². The molecule has 22 nitrogen and oxygen atoms in total. The third kappa shape index (κ3) is 14.8. The smallest absolute Gasteiger partial charge is 0.336 e. The van der Waals surface area contributed by atoms with Crippen LogP contribution in [-0.4, -0.2) is 103 Å². The molecule has 24 heteroatoms. The second kappa shape index (κ2) is 26.5.